The van der Waals surface area contributed by atoms with Crippen LogP contribution in [0.3, 0.4) is 0 Å². The molecule has 0 saturated heterocycles. The molecule has 2 N–H and O–H groups in total. The van der Waals surface area contributed by atoms with Crippen LogP contribution in [-0.4, -0.2) is 40.1 Å². The lowest BCUT2D eigenvalue weighted by Gasteiger charge is -2.16. The van der Waals surface area contributed by atoms with Crippen molar-refractivity contribution in [2.75, 3.05) is 19.3 Å². The smallest absolute Gasteiger partial charge is 0.191 e. The minimum absolute atomic E-state index is 0. The van der Waals surface area contributed by atoms with Gasteiger partial charge in [-0.2, -0.15) is 0 Å². The first-order chi connectivity index (χ1) is 14.6. The lowest BCUT2D eigenvalue weighted by Crippen LogP contribution is -2.38. The molecular formula is C21H31F2IN6S. The molecule has 2 aromatic rings. The fourth-order valence-electron chi connectivity index (χ4n) is 3.77. The summed E-state index contributed by atoms with van der Waals surface area (Å²) in [4.78, 5) is 4.38. The lowest BCUT2D eigenvalue weighted by atomic mass is 10.2. The molecule has 31 heavy (non-hydrogen) atoms. The quantitative estimate of drug-likeness (QED) is 0.152. The van der Waals surface area contributed by atoms with Crippen LogP contribution in [0.1, 0.15) is 56.5 Å². The molecule has 0 aliphatic heterocycles. The fraction of sp³-hybridized carbons (Fsp3) is 0.571. The molecule has 0 amide bonds. The summed E-state index contributed by atoms with van der Waals surface area (Å²) in [7, 11) is 0. The molecule has 1 aromatic carbocycles. The molecule has 3 rings (SSSR count). The highest BCUT2D eigenvalue weighted by atomic mass is 127. The van der Waals surface area contributed by atoms with Crippen LogP contribution in [0.5, 0.6) is 0 Å². The SMILES string of the molecule is CCNC(=NCc1cc(F)ccc1F)NCCCc1nnc(SC)n1C1CCCC1.I. The van der Waals surface area contributed by atoms with Crippen LogP contribution in [0.2, 0.25) is 0 Å². The van der Waals surface area contributed by atoms with E-state index in [0.29, 0.717) is 25.1 Å². The van der Waals surface area contributed by atoms with Crippen molar-refractivity contribution in [2.24, 2.45) is 4.99 Å². The third-order valence-corrected chi connectivity index (χ3v) is 5.88. The number of nitrogens with zero attached hydrogens (tertiary/aromatic N) is 4. The molecular weight excluding hydrogens is 533 g/mol. The zero-order valence-electron chi connectivity index (χ0n) is 18.0. The number of thioether (sulfide) groups is 1. The van der Waals surface area contributed by atoms with Crippen LogP contribution in [0.25, 0.3) is 0 Å². The molecule has 0 atom stereocenters. The zero-order valence-corrected chi connectivity index (χ0v) is 21.2. The van der Waals surface area contributed by atoms with E-state index in [2.05, 4.69) is 30.4 Å². The summed E-state index contributed by atoms with van der Waals surface area (Å²) in [6.45, 7) is 3.42. The summed E-state index contributed by atoms with van der Waals surface area (Å²) >= 11 is 1.65. The van der Waals surface area contributed by atoms with Crippen molar-refractivity contribution in [3.05, 3.63) is 41.2 Å². The predicted molar refractivity (Wildman–Crippen MR) is 132 cm³/mol. The van der Waals surface area contributed by atoms with E-state index < -0.39 is 11.6 Å². The number of guanidine groups is 1. The number of nitrogens with one attached hydrogen (secondary N) is 2. The number of aromatic nitrogens is 3. The third-order valence-electron chi connectivity index (χ3n) is 5.24. The van der Waals surface area contributed by atoms with Gasteiger partial charge in [-0.3, -0.25) is 0 Å². The minimum Gasteiger partial charge on any atom is -0.357 e. The van der Waals surface area contributed by atoms with E-state index in [1.165, 1.54) is 31.7 Å². The van der Waals surface area contributed by atoms with Gasteiger partial charge in [-0.15, -0.1) is 34.2 Å². The van der Waals surface area contributed by atoms with Gasteiger partial charge in [0.15, 0.2) is 11.1 Å². The Morgan fingerprint density at radius 1 is 1.23 bits per heavy atom. The van der Waals surface area contributed by atoms with Gasteiger partial charge in [0.25, 0.3) is 0 Å². The van der Waals surface area contributed by atoms with Crippen LogP contribution in [0, 0.1) is 11.6 Å². The summed E-state index contributed by atoms with van der Waals surface area (Å²) in [5.74, 6) is 0.711. The zero-order chi connectivity index (χ0) is 21.3. The predicted octanol–water partition coefficient (Wildman–Crippen LogP) is 4.70. The number of aryl methyl sites for hydroxylation is 1. The van der Waals surface area contributed by atoms with Gasteiger partial charge in [-0.25, -0.2) is 13.8 Å². The Morgan fingerprint density at radius 3 is 2.71 bits per heavy atom. The Labute approximate surface area is 204 Å². The maximum absolute atomic E-state index is 13.8. The summed E-state index contributed by atoms with van der Waals surface area (Å²) < 4.78 is 29.5. The monoisotopic (exact) mass is 564 g/mol. The van der Waals surface area contributed by atoms with Crippen molar-refractivity contribution in [3.8, 4) is 0 Å². The van der Waals surface area contributed by atoms with E-state index in [4.69, 9.17) is 0 Å². The summed E-state index contributed by atoms with van der Waals surface area (Å²) in [6, 6.07) is 3.94. The average Bonchev–Trinajstić information content (AvgIpc) is 3.40. The van der Waals surface area contributed by atoms with Crippen molar-refractivity contribution in [2.45, 2.75) is 63.2 Å². The van der Waals surface area contributed by atoms with Gasteiger partial charge < -0.3 is 15.2 Å². The highest BCUT2D eigenvalue weighted by molar-refractivity contribution is 14.0. The topological polar surface area (TPSA) is 67.1 Å². The van der Waals surface area contributed by atoms with Gasteiger partial charge in [-0.1, -0.05) is 24.6 Å². The maximum atomic E-state index is 13.8. The molecule has 0 radical (unpaired) electrons. The summed E-state index contributed by atoms with van der Waals surface area (Å²) in [5.41, 5.74) is 0.237. The van der Waals surface area contributed by atoms with Crippen LogP contribution in [0.15, 0.2) is 28.3 Å². The molecule has 0 unspecified atom stereocenters. The molecule has 6 nitrogen and oxygen atoms in total. The van der Waals surface area contributed by atoms with Gasteiger partial charge >= 0.3 is 0 Å². The van der Waals surface area contributed by atoms with Crippen LogP contribution in [-0.2, 0) is 13.0 Å². The van der Waals surface area contributed by atoms with E-state index in [1.807, 2.05) is 13.2 Å². The maximum Gasteiger partial charge on any atom is 0.191 e. The van der Waals surface area contributed by atoms with Crippen LogP contribution >= 0.6 is 35.7 Å². The van der Waals surface area contributed by atoms with Crippen molar-refractivity contribution >= 4 is 41.7 Å². The highest BCUT2D eigenvalue weighted by Gasteiger charge is 2.23. The number of hydrogen-bond acceptors (Lipinski definition) is 4. The second kappa shape index (κ2) is 13.2. The number of halogens is 3. The average molecular weight is 564 g/mol. The first-order valence-electron chi connectivity index (χ1n) is 10.6. The van der Waals surface area contributed by atoms with Crippen molar-refractivity contribution < 1.29 is 8.78 Å². The lowest BCUT2D eigenvalue weighted by molar-refractivity contribution is 0.460. The largest absolute Gasteiger partial charge is 0.357 e. The normalized spacial score (nSPS) is 14.5. The first kappa shape index (κ1) is 25.8. The second-order valence-electron chi connectivity index (χ2n) is 7.37. The van der Waals surface area contributed by atoms with Crippen LogP contribution < -0.4 is 10.6 Å². The molecule has 1 saturated carbocycles. The number of benzene rings is 1. The van der Waals surface area contributed by atoms with E-state index >= 15 is 0 Å². The molecule has 1 fully saturated rings. The van der Waals surface area contributed by atoms with E-state index in [1.54, 1.807) is 11.8 Å². The van der Waals surface area contributed by atoms with Gasteiger partial charge in [0.1, 0.15) is 17.5 Å². The molecule has 0 spiro atoms. The second-order valence-corrected chi connectivity index (χ2v) is 8.15. The van der Waals surface area contributed by atoms with Crippen LogP contribution in [0.4, 0.5) is 8.78 Å². The Balaban J connectivity index is 0.00000341. The third kappa shape index (κ3) is 7.30. The van der Waals surface area contributed by atoms with Gasteiger partial charge in [0.2, 0.25) is 0 Å². The van der Waals surface area contributed by atoms with Crippen molar-refractivity contribution in [1.82, 2.24) is 25.4 Å². The Hall–Kier alpha value is -1.43. The van der Waals surface area contributed by atoms with E-state index in [9.17, 15) is 8.78 Å². The Morgan fingerprint density at radius 2 is 2.00 bits per heavy atom. The van der Waals surface area contributed by atoms with Gasteiger partial charge in [0.05, 0.1) is 6.54 Å². The standard InChI is InChI=1S/C21H30F2N6S.HI/c1-3-24-20(26-14-15-13-16(22)10-11-18(15)23)25-12-6-9-19-27-28-21(30-2)29(19)17-7-4-5-8-17;/h10-11,13,17H,3-9,12,14H2,1-2H3,(H2,24,25,26);1H. The van der Waals surface area contributed by atoms with E-state index in [0.717, 1.165) is 36.0 Å². The summed E-state index contributed by atoms with van der Waals surface area (Å²) in [5, 5.41) is 16.2. The molecule has 172 valence electrons. The van der Waals surface area contributed by atoms with E-state index in [-0.39, 0.29) is 36.1 Å². The Bertz CT molecular complexity index is 854. The number of hydrogen-bond donors (Lipinski definition) is 2. The highest BCUT2D eigenvalue weighted by Crippen LogP contribution is 2.33. The first-order valence-corrected chi connectivity index (χ1v) is 11.8. The fourth-order valence-corrected chi connectivity index (χ4v) is 4.34. The molecule has 1 aliphatic rings. The minimum atomic E-state index is -0.462. The van der Waals surface area contributed by atoms with Gasteiger partial charge in [0, 0.05) is 31.1 Å². The molecule has 10 heteroatoms. The van der Waals surface area contributed by atoms with Crippen molar-refractivity contribution in [1.29, 1.82) is 0 Å². The number of rotatable bonds is 9. The summed E-state index contributed by atoms with van der Waals surface area (Å²) in [6.07, 6.45) is 8.68. The molecule has 1 aromatic heterocycles. The Kier molecular flexibility index (Phi) is 11.0. The molecule has 1 aliphatic carbocycles. The number of aliphatic imine (C=N–C) groups is 1. The van der Waals surface area contributed by atoms with Gasteiger partial charge in [-0.05, 0) is 50.6 Å². The van der Waals surface area contributed by atoms with Crippen molar-refractivity contribution in [3.63, 3.8) is 0 Å². The molecule has 0 bridgehead atoms. The molecule has 1 heterocycles.